The molecule has 0 bridgehead atoms. The highest BCUT2D eigenvalue weighted by Gasteiger charge is 2.17. The molecule has 0 saturated carbocycles. The van der Waals surface area contributed by atoms with Crippen LogP contribution in [-0.4, -0.2) is 42.1 Å². The predicted octanol–water partition coefficient (Wildman–Crippen LogP) is 4.87. The summed E-state index contributed by atoms with van der Waals surface area (Å²) in [7, 11) is 1.58. The van der Waals surface area contributed by atoms with E-state index in [4.69, 9.17) is 25.8 Å². The van der Waals surface area contributed by atoms with E-state index in [0.717, 1.165) is 25.0 Å². The van der Waals surface area contributed by atoms with Crippen molar-refractivity contribution in [1.82, 2.24) is 15.1 Å². The number of methoxy groups -OCH3 is 1. The Hall–Kier alpha value is -3.36. The topological polar surface area (TPSA) is 74.6 Å². The lowest BCUT2D eigenvalue weighted by Crippen LogP contribution is -2.20. The highest BCUT2D eigenvalue weighted by atomic mass is 35.5. The summed E-state index contributed by atoms with van der Waals surface area (Å²) in [4.78, 5) is 12.4. The van der Waals surface area contributed by atoms with E-state index in [1.54, 1.807) is 32.2 Å². The van der Waals surface area contributed by atoms with Gasteiger partial charge in [0.2, 0.25) is 5.91 Å². The molecule has 1 atom stereocenters. The second-order valence-electron chi connectivity index (χ2n) is 8.16. The van der Waals surface area contributed by atoms with E-state index >= 15 is 0 Å². The van der Waals surface area contributed by atoms with Gasteiger partial charge < -0.3 is 19.5 Å². The lowest BCUT2D eigenvalue weighted by atomic mass is 10.2. The Bertz CT molecular complexity index is 1200. The van der Waals surface area contributed by atoms with Crippen molar-refractivity contribution in [1.29, 1.82) is 0 Å². The van der Waals surface area contributed by atoms with Crippen molar-refractivity contribution >= 4 is 23.6 Å². The van der Waals surface area contributed by atoms with Crippen LogP contribution in [0.5, 0.6) is 11.5 Å². The molecule has 3 aromatic rings. The SMILES string of the molecule is COc1cc(CNC(=O)C=Cc2c(C)nn(-c3ccc(F)cc3)c2Cl)ccc1OCC1CCCO1. The molecule has 1 N–H and O–H groups in total. The summed E-state index contributed by atoms with van der Waals surface area (Å²) in [6, 6.07) is 11.4. The number of carbonyl (C=O) groups excluding carboxylic acids is 1. The lowest BCUT2D eigenvalue weighted by molar-refractivity contribution is -0.116. The molecule has 0 radical (unpaired) electrons. The number of nitrogens with zero attached hydrogens (tertiary/aromatic N) is 2. The Kier molecular flexibility index (Phi) is 8.05. The number of aryl methyl sites for hydroxylation is 1. The Morgan fingerprint density at radius 3 is 2.80 bits per heavy atom. The van der Waals surface area contributed by atoms with Gasteiger partial charge in [-0.05, 0) is 67.8 Å². The number of halogens is 2. The van der Waals surface area contributed by atoms with Gasteiger partial charge in [-0.3, -0.25) is 4.79 Å². The molecule has 9 heteroatoms. The molecule has 1 unspecified atom stereocenters. The lowest BCUT2D eigenvalue weighted by Gasteiger charge is -2.15. The average molecular weight is 500 g/mol. The standard InChI is InChI=1S/C26H27ClFN3O4/c1-17-22(26(27)31(30-17)20-8-6-19(28)7-9-20)10-12-25(32)29-15-18-5-11-23(24(14-18)33-2)35-16-21-4-3-13-34-21/h5-12,14,21H,3-4,13,15-16H2,1-2H3,(H,29,32). The van der Waals surface area contributed by atoms with Gasteiger partial charge in [-0.2, -0.15) is 5.10 Å². The molecule has 0 aliphatic carbocycles. The second-order valence-corrected chi connectivity index (χ2v) is 8.52. The average Bonchev–Trinajstić information content (AvgIpc) is 3.48. The molecule has 1 fully saturated rings. The van der Waals surface area contributed by atoms with Gasteiger partial charge in [-0.25, -0.2) is 9.07 Å². The Morgan fingerprint density at radius 2 is 2.09 bits per heavy atom. The van der Waals surface area contributed by atoms with Gasteiger partial charge in [0.1, 0.15) is 17.6 Å². The zero-order chi connectivity index (χ0) is 24.8. The molecule has 4 rings (SSSR count). The Labute approximate surface area is 208 Å². The molecule has 1 amide bonds. The van der Waals surface area contributed by atoms with Crippen molar-refractivity contribution in [3.05, 3.63) is 76.3 Å². The zero-order valence-electron chi connectivity index (χ0n) is 19.6. The smallest absolute Gasteiger partial charge is 0.244 e. The first-order chi connectivity index (χ1) is 16.9. The van der Waals surface area contributed by atoms with Crippen LogP contribution in [-0.2, 0) is 16.1 Å². The fourth-order valence-electron chi connectivity index (χ4n) is 3.76. The van der Waals surface area contributed by atoms with Gasteiger partial charge in [0, 0.05) is 24.8 Å². The van der Waals surface area contributed by atoms with Gasteiger partial charge in [-0.1, -0.05) is 17.7 Å². The van der Waals surface area contributed by atoms with Crippen molar-refractivity contribution in [2.75, 3.05) is 20.3 Å². The van der Waals surface area contributed by atoms with Crippen LogP contribution < -0.4 is 14.8 Å². The van der Waals surface area contributed by atoms with E-state index in [9.17, 15) is 9.18 Å². The minimum absolute atomic E-state index is 0.116. The maximum absolute atomic E-state index is 13.2. The molecule has 2 aromatic carbocycles. The molecule has 0 spiro atoms. The molecule has 1 aliphatic heterocycles. The molecule has 1 aliphatic rings. The van der Waals surface area contributed by atoms with Crippen LogP contribution >= 0.6 is 11.6 Å². The number of amides is 1. The van der Waals surface area contributed by atoms with Gasteiger partial charge in [0.25, 0.3) is 0 Å². The number of hydrogen-bond acceptors (Lipinski definition) is 5. The third-order valence-corrected chi connectivity index (χ3v) is 6.03. The van der Waals surface area contributed by atoms with E-state index in [0.29, 0.717) is 46.7 Å². The molecule has 1 aromatic heterocycles. The molecule has 1 saturated heterocycles. The number of hydrogen-bond donors (Lipinski definition) is 1. The number of ether oxygens (including phenoxy) is 3. The zero-order valence-corrected chi connectivity index (χ0v) is 20.3. The summed E-state index contributed by atoms with van der Waals surface area (Å²) < 4.78 is 31.6. The van der Waals surface area contributed by atoms with Crippen molar-refractivity contribution in [3.8, 4) is 17.2 Å². The van der Waals surface area contributed by atoms with Crippen molar-refractivity contribution in [3.63, 3.8) is 0 Å². The highest BCUT2D eigenvalue weighted by Crippen LogP contribution is 2.29. The third kappa shape index (κ3) is 6.21. The summed E-state index contributed by atoms with van der Waals surface area (Å²) in [6.45, 7) is 3.36. The van der Waals surface area contributed by atoms with Gasteiger partial charge in [-0.15, -0.1) is 0 Å². The number of carbonyl (C=O) groups is 1. The molecular formula is C26H27ClFN3O4. The summed E-state index contributed by atoms with van der Waals surface area (Å²) in [5, 5.41) is 7.58. The second kappa shape index (κ2) is 11.4. The van der Waals surface area contributed by atoms with E-state index in [-0.39, 0.29) is 17.8 Å². The fourth-order valence-corrected chi connectivity index (χ4v) is 4.10. The molecule has 2 heterocycles. The summed E-state index contributed by atoms with van der Waals surface area (Å²) >= 11 is 6.47. The quantitative estimate of drug-likeness (QED) is 0.425. The van der Waals surface area contributed by atoms with Crippen molar-refractivity contribution in [2.24, 2.45) is 0 Å². The van der Waals surface area contributed by atoms with E-state index in [1.165, 1.54) is 22.9 Å². The highest BCUT2D eigenvalue weighted by molar-refractivity contribution is 6.31. The van der Waals surface area contributed by atoms with Crippen molar-refractivity contribution in [2.45, 2.75) is 32.4 Å². The predicted molar refractivity (Wildman–Crippen MR) is 132 cm³/mol. The van der Waals surface area contributed by atoms with E-state index in [2.05, 4.69) is 10.4 Å². The number of nitrogens with one attached hydrogen (secondary N) is 1. The normalized spacial score (nSPS) is 15.5. The minimum Gasteiger partial charge on any atom is -0.493 e. The van der Waals surface area contributed by atoms with Crippen LogP contribution in [0.15, 0.2) is 48.5 Å². The van der Waals surface area contributed by atoms with E-state index < -0.39 is 0 Å². The first kappa shape index (κ1) is 24.8. The molecular weight excluding hydrogens is 473 g/mol. The summed E-state index contributed by atoms with van der Waals surface area (Å²) in [5.74, 6) is 0.610. The fraction of sp³-hybridized carbons (Fsp3) is 0.308. The number of rotatable bonds is 9. The van der Waals surface area contributed by atoms with Gasteiger partial charge in [0.15, 0.2) is 11.5 Å². The largest absolute Gasteiger partial charge is 0.493 e. The molecule has 184 valence electrons. The summed E-state index contributed by atoms with van der Waals surface area (Å²) in [6.07, 6.45) is 5.19. The van der Waals surface area contributed by atoms with Crippen LogP contribution in [0.25, 0.3) is 11.8 Å². The third-order valence-electron chi connectivity index (χ3n) is 5.66. The molecule has 35 heavy (non-hydrogen) atoms. The number of benzene rings is 2. The monoisotopic (exact) mass is 499 g/mol. The van der Waals surface area contributed by atoms with E-state index in [1.807, 2.05) is 18.2 Å². The van der Waals surface area contributed by atoms with Gasteiger partial charge >= 0.3 is 0 Å². The Morgan fingerprint density at radius 1 is 1.29 bits per heavy atom. The summed E-state index contributed by atoms with van der Waals surface area (Å²) in [5.41, 5.74) is 2.75. The van der Waals surface area contributed by atoms with Crippen molar-refractivity contribution < 1.29 is 23.4 Å². The number of aromatic nitrogens is 2. The van der Waals surface area contributed by atoms with Crippen LogP contribution in [0.2, 0.25) is 5.15 Å². The first-order valence-corrected chi connectivity index (χ1v) is 11.7. The van der Waals surface area contributed by atoms with Crippen LogP contribution in [0.1, 0.15) is 29.7 Å². The van der Waals surface area contributed by atoms with Crippen LogP contribution in [0.4, 0.5) is 4.39 Å². The maximum Gasteiger partial charge on any atom is 0.244 e. The van der Waals surface area contributed by atoms with Crippen LogP contribution in [0, 0.1) is 12.7 Å². The minimum atomic E-state index is -0.344. The van der Waals surface area contributed by atoms with Gasteiger partial charge in [0.05, 0.1) is 24.6 Å². The first-order valence-electron chi connectivity index (χ1n) is 11.3. The molecule has 7 nitrogen and oxygen atoms in total. The van der Waals surface area contributed by atoms with Crippen LogP contribution in [0.3, 0.4) is 0 Å². The maximum atomic E-state index is 13.2. The Balaban J connectivity index is 1.35.